The molecule has 0 saturated heterocycles. The van der Waals surface area contributed by atoms with Crippen LogP contribution in [-0.4, -0.2) is 41.4 Å². The molecule has 0 saturated carbocycles. The molecule has 0 rings (SSSR count). The molecule has 2 atom stereocenters. The summed E-state index contributed by atoms with van der Waals surface area (Å²) in [6.45, 7) is 11.0. The van der Waals surface area contributed by atoms with E-state index in [0.29, 0.717) is 6.42 Å². The number of aliphatic hydroxyl groups is 1. The monoisotopic (exact) mass is 288 g/mol. The van der Waals surface area contributed by atoms with Gasteiger partial charge in [0.15, 0.2) is 0 Å². The summed E-state index contributed by atoms with van der Waals surface area (Å²) in [5.41, 5.74) is -0.609. The zero-order valence-corrected chi connectivity index (χ0v) is 13.3. The van der Waals surface area contributed by atoms with Crippen molar-refractivity contribution in [3.8, 4) is 0 Å². The van der Waals surface area contributed by atoms with Crippen molar-refractivity contribution in [3.63, 3.8) is 0 Å². The van der Waals surface area contributed by atoms with Crippen LogP contribution in [0.1, 0.15) is 48.0 Å². The van der Waals surface area contributed by atoms with E-state index in [2.05, 4.69) is 10.6 Å². The first kappa shape index (κ1) is 18.7. The van der Waals surface area contributed by atoms with Crippen molar-refractivity contribution in [2.24, 2.45) is 5.92 Å². The maximum absolute atomic E-state index is 12.0. The zero-order chi connectivity index (χ0) is 15.9. The first-order chi connectivity index (χ1) is 9.01. The van der Waals surface area contributed by atoms with Gasteiger partial charge in [-0.3, -0.25) is 4.79 Å². The number of hydrogen-bond acceptors (Lipinski definition) is 4. The fraction of sp³-hybridized carbons (Fsp3) is 0.857. The van der Waals surface area contributed by atoms with Crippen LogP contribution in [0.3, 0.4) is 0 Å². The van der Waals surface area contributed by atoms with Gasteiger partial charge in [0.1, 0.15) is 11.6 Å². The average Bonchev–Trinajstić information content (AvgIpc) is 2.21. The van der Waals surface area contributed by atoms with Crippen LogP contribution in [0.15, 0.2) is 0 Å². The Balaban J connectivity index is 4.55. The van der Waals surface area contributed by atoms with Gasteiger partial charge in [0.2, 0.25) is 5.91 Å². The van der Waals surface area contributed by atoms with Crippen molar-refractivity contribution in [1.29, 1.82) is 0 Å². The summed E-state index contributed by atoms with van der Waals surface area (Å²) in [4.78, 5) is 23.7. The number of carbonyl (C=O) groups excluding carboxylic acids is 2. The minimum atomic E-state index is -0.663. The van der Waals surface area contributed by atoms with Crippen molar-refractivity contribution in [2.75, 3.05) is 6.54 Å². The largest absolute Gasteiger partial charge is 0.444 e. The summed E-state index contributed by atoms with van der Waals surface area (Å²) in [5.74, 6) is -0.0716. The summed E-state index contributed by atoms with van der Waals surface area (Å²) in [5, 5.41) is 14.3. The molecular weight excluding hydrogens is 260 g/mol. The van der Waals surface area contributed by atoms with E-state index in [4.69, 9.17) is 4.74 Å². The highest BCUT2D eigenvalue weighted by Crippen LogP contribution is 2.09. The number of rotatable bonds is 6. The van der Waals surface area contributed by atoms with E-state index >= 15 is 0 Å². The summed E-state index contributed by atoms with van der Waals surface area (Å²) < 4.78 is 5.15. The van der Waals surface area contributed by atoms with Crippen LogP contribution >= 0.6 is 0 Å². The van der Waals surface area contributed by atoms with Gasteiger partial charge in [0.25, 0.3) is 0 Å². The van der Waals surface area contributed by atoms with Crippen molar-refractivity contribution >= 4 is 12.0 Å². The molecule has 118 valence electrons. The van der Waals surface area contributed by atoms with E-state index in [1.807, 2.05) is 13.8 Å². The summed E-state index contributed by atoms with van der Waals surface area (Å²) >= 11 is 0. The Morgan fingerprint density at radius 3 is 2.15 bits per heavy atom. The van der Waals surface area contributed by atoms with Crippen molar-refractivity contribution in [2.45, 2.75) is 65.7 Å². The van der Waals surface area contributed by atoms with E-state index < -0.39 is 23.8 Å². The predicted octanol–water partition coefficient (Wildman–Crippen LogP) is 1.42. The third-order valence-electron chi connectivity index (χ3n) is 2.29. The molecule has 0 radical (unpaired) electrons. The van der Waals surface area contributed by atoms with E-state index in [-0.39, 0.29) is 18.4 Å². The van der Waals surface area contributed by atoms with E-state index in [1.54, 1.807) is 27.7 Å². The Kier molecular flexibility index (Phi) is 7.57. The van der Waals surface area contributed by atoms with Crippen LogP contribution in [0.4, 0.5) is 4.79 Å². The van der Waals surface area contributed by atoms with Gasteiger partial charge in [-0.2, -0.15) is 0 Å². The lowest BCUT2D eigenvalue weighted by Gasteiger charge is -2.24. The number of amides is 2. The lowest BCUT2D eigenvalue weighted by molar-refractivity contribution is -0.124. The van der Waals surface area contributed by atoms with Gasteiger partial charge >= 0.3 is 6.09 Å². The van der Waals surface area contributed by atoms with Gasteiger partial charge in [-0.1, -0.05) is 13.8 Å². The standard InChI is InChI=1S/C14H28N2O4/c1-9(2)7-11(12(18)15-8-10(3)17)16-13(19)20-14(4,5)6/h9-11,17H,7-8H2,1-6H3,(H,15,18)(H,16,19). The summed E-state index contributed by atoms with van der Waals surface area (Å²) in [7, 11) is 0. The Morgan fingerprint density at radius 1 is 1.20 bits per heavy atom. The fourth-order valence-corrected chi connectivity index (χ4v) is 1.52. The van der Waals surface area contributed by atoms with Gasteiger partial charge in [0, 0.05) is 6.54 Å². The topological polar surface area (TPSA) is 87.7 Å². The number of hydrogen-bond donors (Lipinski definition) is 3. The second-order valence-corrected chi connectivity index (χ2v) is 6.42. The zero-order valence-electron chi connectivity index (χ0n) is 13.3. The number of ether oxygens (including phenoxy) is 1. The quantitative estimate of drug-likeness (QED) is 0.690. The highest BCUT2D eigenvalue weighted by molar-refractivity contribution is 5.85. The maximum Gasteiger partial charge on any atom is 0.408 e. The summed E-state index contributed by atoms with van der Waals surface area (Å²) in [6, 6.07) is -0.663. The SMILES string of the molecule is CC(C)CC(NC(=O)OC(C)(C)C)C(=O)NCC(C)O. The normalized spacial score (nSPS) is 14.6. The first-order valence-corrected chi connectivity index (χ1v) is 6.96. The highest BCUT2D eigenvalue weighted by Gasteiger charge is 2.25. The molecular formula is C14H28N2O4. The molecule has 2 unspecified atom stereocenters. The van der Waals surface area contributed by atoms with Crippen LogP contribution < -0.4 is 10.6 Å². The van der Waals surface area contributed by atoms with Crippen LogP contribution in [-0.2, 0) is 9.53 Å². The van der Waals surface area contributed by atoms with Gasteiger partial charge in [-0.25, -0.2) is 4.79 Å². The van der Waals surface area contributed by atoms with Crippen LogP contribution in [0.2, 0.25) is 0 Å². The first-order valence-electron chi connectivity index (χ1n) is 6.96. The lowest BCUT2D eigenvalue weighted by Crippen LogP contribution is -2.49. The molecule has 3 N–H and O–H groups in total. The molecule has 0 spiro atoms. The van der Waals surface area contributed by atoms with E-state index in [9.17, 15) is 14.7 Å². The maximum atomic E-state index is 12.0. The van der Waals surface area contributed by atoms with Gasteiger partial charge in [-0.15, -0.1) is 0 Å². The van der Waals surface area contributed by atoms with E-state index in [1.165, 1.54) is 0 Å². The second-order valence-electron chi connectivity index (χ2n) is 6.42. The molecule has 2 amide bonds. The highest BCUT2D eigenvalue weighted by atomic mass is 16.6. The third kappa shape index (κ3) is 9.61. The fourth-order valence-electron chi connectivity index (χ4n) is 1.52. The van der Waals surface area contributed by atoms with Gasteiger partial charge < -0.3 is 20.5 Å². The van der Waals surface area contributed by atoms with Crippen LogP contribution in [0.25, 0.3) is 0 Å². The molecule has 6 heteroatoms. The molecule has 0 aliphatic rings. The Labute approximate surface area is 121 Å². The lowest BCUT2D eigenvalue weighted by atomic mass is 10.0. The number of carbonyl (C=O) groups is 2. The Hall–Kier alpha value is -1.30. The Morgan fingerprint density at radius 2 is 1.75 bits per heavy atom. The molecule has 0 aromatic carbocycles. The minimum absolute atomic E-state index is 0.156. The number of nitrogens with one attached hydrogen (secondary N) is 2. The average molecular weight is 288 g/mol. The molecule has 0 fully saturated rings. The number of alkyl carbamates (subject to hydrolysis) is 1. The molecule has 0 aromatic heterocycles. The molecule has 20 heavy (non-hydrogen) atoms. The van der Waals surface area contributed by atoms with Gasteiger partial charge in [-0.05, 0) is 40.0 Å². The molecule has 0 aromatic rings. The third-order valence-corrected chi connectivity index (χ3v) is 2.29. The number of aliphatic hydroxyl groups excluding tert-OH is 1. The smallest absolute Gasteiger partial charge is 0.408 e. The minimum Gasteiger partial charge on any atom is -0.444 e. The molecule has 0 heterocycles. The Bertz CT molecular complexity index is 322. The van der Waals surface area contributed by atoms with Gasteiger partial charge in [0.05, 0.1) is 6.10 Å². The van der Waals surface area contributed by atoms with Crippen molar-refractivity contribution in [1.82, 2.24) is 10.6 Å². The molecule has 0 bridgehead atoms. The van der Waals surface area contributed by atoms with E-state index in [0.717, 1.165) is 0 Å². The second kappa shape index (κ2) is 8.09. The molecule has 6 nitrogen and oxygen atoms in total. The molecule has 0 aliphatic heterocycles. The summed E-state index contributed by atoms with van der Waals surface area (Å²) in [6.07, 6.45) is -0.735. The van der Waals surface area contributed by atoms with Crippen molar-refractivity contribution in [3.05, 3.63) is 0 Å². The van der Waals surface area contributed by atoms with Crippen molar-refractivity contribution < 1.29 is 19.4 Å². The van der Waals surface area contributed by atoms with Crippen LogP contribution in [0, 0.1) is 5.92 Å². The van der Waals surface area contributed by atoms with Crippen LogP contribution in [0.5, 0.6) is 0 Å². The predicted molar refractivity (Wildman–Crippen MR) is 77.3 cm³/mol. The molecule has 0 aliphatic carbocycles.